The SMILES string of the molecule is NC(=O)c1ccc(C(=O)NC2(CC(=O)O)CCCC2)cc1. The second kappa shape index (κ2) is 5.95. The van der Waals surface area contributed by atoms with Crippen molar-refractivity contribution in [1.82, 2.24) is 5.32 Å². The lowest BCUT2D eigenvalue weighted by Gasteiger charge is -2.28. The summed E-state index contributed by atoms with van der Waals surface area (Å²) in [5.74, 6) is -1.80. The lowest BCUT2D eigenvalue weighted by atomic mass is 9.92. The second-order valence-electron chi connectivity index (χ2n) is 5.45. The highest BCUT2D eigenvalue weighted by molar-refractivity contribution is 5.97. The van der Waals surface area contributed by atoms with Gasteiger partial charge in [-0.15, -0.1) is 0 Å². The van der Waals surface area contributed by atoms with Crippen LogP contribution in [0, 0.1) is 0 Å². The van der Waals surface area contributed by atoms with Crippen molar-refractivity contribution in [3.8, 4) is 0 Å². The predicted octanol–water partition coefficient (Wildman–Crippen LogP) is 1.30. The molecule has 4 N–H and O–H groups in total. The first-order valence-corrected chi connectivity index (χ1v) is 6.86. The molecule has 0 saturated heterocycles. The zero-order valence-electron chi connectivity index (χ0n) is 11.6. The van der Waals surface area contributed by atoms with Crippen molar-refractivity contribution in [1.29, 1.82) is 0 Å². The summed E-state index contributed by atoms with van der Waals surface area (Å²) in [7, 11) is 0. The number of hydrogen-bond acceptors (Lipinski definition) is 3. The summed E-state index contributed by atoms with van der Waals surface area (Å²) in [6.07, 6.45) is 3.09. The molecule has 0 aliphatic heterocycles. The van der Waals surface area contributed by atoms with Crippen LogP contribution in [-0.2, 0) is 4.79 Å². The normalized spacial score (nSPS) is 16.4. The van der Waals surface area contributed by atoms with Crippen molar-refractivity contribution in [3.63, 3.8) is 0 Å². The van der Waals surface area contributed by atoms with Crippen LogP contribution < -0.4 is 11.1 Å². The van der Waals surface area contributed by atoms with Crippen LogP contribution in [-0.4, -0.2) is 28.4 Å². The number of carbonyl (C=O) groups is 3. The molecule has 1 aromatic rings. The molecule has 112 valence electrons. The van der Waals surface area contributed by atoms with Crippen LogP contribution in [0.3, 0.4) is 0 Å². The number of amides is 2. The number of carbonyl (C=O) groups excluding carboxylic acids is 2. The van der Waals surface area contributed by atoms with E-state index in [2.05, 4.69) is 5.32 Å². The molecule has 6 nitrogen and oxygen atoms in total. The van der Waals surface area contributed by atoms with E-state index < -0.39 is 17.4 Å². The van der Waals surface area contributed by atoms with Gasteiger partial charge in [-0.2, -0.15) is 0 Å². The fraction of sp³-hybridized carbons (Fsp3) is 0.400. The smallest absolute Gasteiger partial charge is 0.305 e. The standard InChI is InChI=1S/C15H18N2O4/c16-13(20)10-3-5-11(6-4-10)14(21)17-15(9-12(18)19)7-1-2-8-15/h3-6H,1-2,7-9H2,(H2,16,20)(H,17,21)(H,18,19). The first kappa shape index (κ1) is 15.0. The number of carboxylic acids is 1. The average molecular weight is 290 g/mol. The number of carboxylic acid groups (broad SMARTS) is 1. The summed E-state index contributed by atoms with van der Waals surface area (Å²) >= 11 is 0. The summed E-state index contributed by atoms with van der Waals surface area (Å²) in [6.45, 7) is 0. The quantitative estimate of drug-likeness (QED) is 0.759. The molecule has 0 bridgehead atoms. The van der Waals surface area contributed by atoms with Gasteiger partial charge in [-0.1, -0.05) is 12.8 Å². The molecule has 0 unspecified atom stereocenters. The predicted molar refractivity (Wildman–Crippen MR) is 75.9 cm³/mol. The minimum Gasteiger partial charge on any atom is -0.481 e. The molecule has 0 atom stereocenters. The largest absolute Gasteiger partial charge is 0.481 e. The van der Waals surface area contributed by atoms with E-state index in [4.69, 9.17) is 10.8 Å². The van der Waals surface area contributed by atoms with Crippen LogP contribution in [0.25, 0.3) is 0 Å². The van der Waals surface area contributed by atoms with Crippen molar-refractivity contribution in [3.05, 3.63) is 35.4 Å². The van der Waals surface area contributed by atoms with E-state index in [-0.39, 0.29) is 12.3 Å². The lowest BCUT2D eigenvalue weighted by Crippen LogP contribution is -2.47. The van der Waals surface area contributed by atoms with Crippen LogP contribution in [0.2, 0.25) is 0 Å². The summed E-state index contributed by atoms with van der Waals surface area (Å²) in [5, 5.41) is 11.9. The minimum atomic E-state index is -0.915. The van der Waals surface area contributed by atoms with E-state index in [9.17, 15) is 14.4 Å². The molecule has 2 rings (SSSR count). The van der Waals surface area contributed by atoms with E-state index in [0.717, 1.165) is 12.8 Å². The molecule has 0 spiro atoms. The molecule has 1 aromatic carbocycles. The van der Waals surface area contributed by atoms with Gasteiger partial charge in [0, 0.05) is 11.1 Å². The average Bonchev–Trinajstić information content (AvgIpc) is 2.86. The Kier molecular flexibility index (Phi) is 4.26. The zero-order valence-corrected chi connectivity index (χ0v) is 11.6. The summed E-state index contributed by atoms with van der Waals surface area (Å²) in [5.41, 5.74) is 5.19. The molecule has 0 radical (unpaired) electrons. The Hall–Kier alpha value is -2.37. The number of aliphatic carboxylic acids is 1. The molecular weight excluding hydrogens is 272 g/mol. The Labute approximate surface area is 122 Å². The summed E-state index contributed by atoms with van der Waals surface area (Å²) < 4.78 is 0. The molecule has 1 aliphatic rings. The molecular formula is C15H18N2O4. The Balaban J connectivity index is 2.11. The van der Waals surface area contributed by atoms with E-state index in [1.807, 2.05) is 0 Å². The molecule has 2 amide bonds. The third kappa shape index (κ3) is 3.59. The third-order valence-electron chi connectivity index (χ3n) is 3.86. The van der Waals surface area contributed by atoms with Gasteiger partial charge < -0.3 is 16.2 Å². The van der Waals surface area contributed by atoms with Gasteiger partial charge in [0.05, 0.1) is 12.0 Å². The highest BCUT2D eigenvalue weighted by Gasteiger charge is 2.37. The summed E-state index contributed by atoms with van der Waals surface area (Å²) in [4.78, 5) is 34.2. The van der Waals surface area contributed by atoms with Gasteiger partial charge >= 0.3 is 5.97 Å². The number of nitrogens with one attached hydrogen (secondary N) is 1. The maximum absolute atomic E-state index is 12.2. The Morgan fingerprint density at radius 3 is 2.10 bits per heavy atom. The Morgan fingerprint density at radius 1 is 1.10 bits per heavy atom. The molecule has 21 heavy (non-hydrogen) atoms. The molecule has 6 heteroatoms. The van der Waals surface area contributed by atoms with Crippen LogP contribution in [0.5, 0.6) is 0 Å². The topological polar surface area (TPSA) is 109 Å². The number of rotatable bonds is 5. The van der Waals surface area contributed by atoms with Gasteiger partial charge in [-0.05, 0) is 37.1 Å². The van der Waals surface area contributed by atoms with Crippen molar-refractivity contribution < 1.29 is 19.5 Å². The minimum absolute atomic E-state index is 0.0713. The zero-order chi connectivity index (χ0) is 15.5. The van der Waals surface area contributed by atoms with Gasteiger partial charge in [-0.25, -0.2) is 0 Å². The monoisotopic (exact) mass is 290 g/mol. The highest BCUT2D eigenvalue weighted by atomic mass is 16.4. The fourth-order valence-corrected chi connectivity index (χ4v) is 2.79. The summed E-state index contributed by atoms with van der Waals surface area (Å²) in [6, 6.07) is 5.99. The second-order valence-corrected chi connectivity index (χ2v) is 5.45. The maximum Gasteiger partial charge on any atom is 0.305 e. The third-order valence-corrected chi connectivity index (χ3v) is 3.86. The fourth-order valence-electron chi connectivity index (χ4n) is 2.79. The highest BCUT2D eigenvalue weighted by Crippen LogP contribution is 2.32. The number of benzene rings is 1. The van der Waals surface area contributed by atoms with Crippen LogP contribution >= 0.6 is 0 Å². The Morgan fingerprint density at radius 2 is 1.62 bits per heavy atom. The molecule has 0 aromatic heterocycles. The maximum atomic E-state index is 12.2. The van der Waals surface area contributed by atoms with E-state index in [0.29, 0.717) is 24.0 Å². The van der Waals surface area contributed by atoms with Crippen LogP contribution in [0.1, 0.15) is 52.8 Å². The molecule has 1 saturated carbocycles. The van der Waals surface area contributed by atoms with Crippen LogP contribution in [0.15, 0.2) is 24.3 Å². The number of hydrogen-bond donors (Lipinski definition) is 3. The van der Waals surface area contributed by atoms with Gasteiger partial charge in [0.15, 0.2) is 0 Å². The van der Waals surface area contributed by atoms with Crippen molar-refractivity contribution in [2.45, 2.75) is 37.6 Å². The molecule has 1 aliphatic carbocycles. The van der Waals surface area contributed by atoms with Gasteiger partial charge in [-0.3, -0.25) is 14.4 Å². The van der Waals surface area contributed by atoms with E-state index in [1.54, 1.807) is 0 Å². The van der Waals surface area contributed by atoms with Crippen molar-refractivity contribution >= 4 is 17.8 Å². The number of nitrogens with two attached hydrogens (primary N) is 1. The van der Waals surface area contributed by atoms with Crippen LogP contribution in [0.4, 0.5) is 0 Å². The molecule has 1 fully saturated rings. The van der Waals surface area contributed by atoms with E-state index >= 15 is 0 Å². The molecule has 0 heterocycles. The Bertz CT molecular complexity index is 560. The van der Waals surface area contributed by atoms with Gasteiger partial charge in [0.1, 0.15) is 0 Å². The van der Waals surface area contributed by atoms with E-state index in [1.165, 1.54) is 24.3 Å². The lowest BCUT2D eigenvalue weighted by molar-refractivity contribution is -0.138. The first-order chi connectivity index (χ1) is 9.92. The number of primary amides is 1. The van der Waals surface area contributed by atoms with Gasteiger partial charge in [0.25, 0.3) is 5.91 Å². The first-order valence-electron chi connectivity index (χ1n) is 6.86. The van der Waals surface area contributed by atoms with Gasteiger partial charge in [0.2, 0.25) is 5.91 Å². The van der Waals surface area contributed by atoms with Crippen molar-refractivity contribution in [2.75, 3.05) is 0 Å². The van der Waals surface area contributed by atoms with Crippen molar-refractivity contribution in [2.24, 2.45) is 5.73 Å².